The number of allylic oxidation sites excluding steroid dienone is 4. The highest BCUT2D eigenvalue weighted by molar-refractivity contribution is 5.70. The van der Waals surface area contributed by atoms with Crippen LogP contribution in [0.5, 0.6) is 5.75 Å². The normalized spacial score (nSPS) is 24.2. The number of carboxylic acids is 1. The standard InChI is InChI=1S/C33H42O3/c34-31-20-18-29(19-21-31)32-24-27-14-9-13-26(22-27)23-30(33(35)36)17-8-7-16-28(32)15-4-2-1-3-10-25-11-5-6-12-25/h5,7-9,11,13-14,18-22,25,28,30,32,34H,1-4,6,10,12,15-17,23-24H2,(H,35,36)/t25-,28-,30-,32+/m0/s1. The molecule has 0 amide bonds. The molecule has 0 radical (unpaired) electrons. The number of hydrogen-bond acceptors (Lipinski definition) is 2. The first kappa shape index (κ1) is 26.3. The molecule has 0 spiro atoms. The van der Waals surface area contributed by atoms with E-state index >= 15 is 0 Å². The number of aliphatic carboxylic acids is 1. The predicted molar refractivity (Wildman–Crippen MR) is 147 cm³/mol. The summed E-state index contributed by atoms with van der Waals surface area (Å²) in [5.74, 6) is 0.873. The maximum absolute atomic E-state index is 11.8. The van der Waals surface area contributed by atoms with E-state index in [1.165, 1.54) is 62.5 Å². The Morgan fingerprint density at radius 1 is 0.833 bits per heavy atom. The lowest BCUT2D eigenvalue weighted by molar-refractivity contribution is -0.141. The fourth-order valence-electron chi connectivity index (χ4n) is 6.09. The maximum atomic E-state index is 11.8. The quantitative estimate of drug-likeness (QED) is 0.277. The molecule has 3 nitrogen and oxygen atoms in total. The topological polar surface area (TPSA) is 57.5 Å². The van der Waals surface area contributed by atoms with E-state index in [0.717, 1.165) is 24.3 Å². The van der Waals surface area contributed by atoms with E-state index in [1.807, 2.05) is 12.1 Å². The predicted octanol–water partition coefficient (Wildman–Crippen LogP) is 8.23. The molecule has 0 saturated heterocycles. The molecule has 0 aliphatic heterocycles. The minimum Gasteiger partial charge on any atom is -0.508 e. The molecule has 0 fully saturated rings. The Labute approximate surface area is 217 Å². The number of carboxylic acid groups (broad SMARTS) is 1. The van der Waals surface area contributed by atoms with Crippen LogP contribution in [0.1, 0.15) is 86.8 Å². The summed E-state index contributed by atoms with van der Waals surface area (Å²) in [5.41, 5.74) is 3.66. The van der Waals surface area contributed by atoms with Crippen molar-refractivity contribution in [3.8, 4) is 5.75 Å². The lowest BCUT2D eigenvalue weighted by Gasteiger charge is -2.28. The summed E-state index contributed by atoms with van der Waals surface area (Å²) in [6.45, 7) is 0. The Kier molecular flexibility index (Phi) is 9.84. The first-order valence-electron chi connectivity index (χ1n) is 14.0. The molecule has 0 heterocycles. The zero-order valence-corrected chi connectivity index (χ0v) is 21.5. The molecule has 2 N–H and O–H groups in total. The lowest BCUT2D eigenvalue weighted by atomic mass is 9.76. The summed E-state index contributed by atoms with van der Waals surface area (Å²) in [6.07, 6.45) is 22.3. The molecular formula is C33H42O3. The number of rotatable bonds is 9. The largest absolute Gasteiger partial charge is 0.508 e. The van der Waals surface area contributed by atoms with Gasteiger partial charge in [0.15, 0.2) is 0 Å². The number of unbranched alkanes of at least 4 members (excludes halogenated alkanes) is 3. The van der Waals surface area contributed by atoms with Crippen LogP contribution in [0.4, 0.5) is 0 Å². The molecule has 2 aliphatic carbocycles. The second-order valence-corrected chi connectivity index (χ2v) is 10.9. The van der Waals surface area contributed by atoms with Crippen molar-refractivity contribution in [2.75, 3.05) is 0 Å². The molecule has 0 aromatic heterocycles. The van der Waals surface area contributed by atoms with Crippen LogP contribution >= 0.6 is 0 Å². The molecule has 192 valence electrons. The van der Waals surface area contributed by atoms with E-state index < -0.39 is 5.97 Å². The van der Waals surface area contributed by atoms with Crippen molar-refractivity contribution in [1.82, 2.24) is 0 Å². The molecule has 2 bridgehead atoms. The second kappa shape index (κ2) is 13.5. The van der Waals surface area contributed by atoms with E-state index in [-0.39, 0.29) is 5.92 Å². The summed E-state index contributed by atoms with van der Waals surface area (Å²) < 4.78 is 0. The van der Waals surface area contributed by atoms with Gasteiger partial charge in [-0.05, 0) is 97.9 Å². The average Bonchev–Trinajstić information content (AvgIpc) is 3.39. The summed E-state index contributed by atoms with van der Waals surface area (Å²) in [6, 6.07) is 16.3. The summed E-state index contributed by atoms with van der Waals surface area (Å²) in [7, 11) is 0. The number of hydrogen-bond donors (Lipinski definition) is 2. The second-order valence-electron chi connectivity index (χ2n) is 10.9. The van der Waals surface area contributed by atoms with Gasteiger partial charge in [-0.2, -0.15) is 0 Å². The molecule has 4 atom stereocenters. The van der Waals surface area contributed by atoms with E-state index in [1.54, 1.807) is 0 Å². The van der Waals surface area contributed by atoms with Crippen LogP contribution in [-0.2, 0) is 17.6 Å². The first-order valence-corrected chi connectivity index (χ1v) is 14.0. The third kappa shape index (κ3) is 7.85. The molecular weight excluding hydrogens is 444 g/mol. The number of benzene rings is 2. The Hall–Kier alpha value is -2.81. The Balaban J connectivity index is 1.48. The number of phenols is 1. The van der Waals surface area contributed by atoms with Gasteiger partial charge in [0.2, 0.25) is 0 Å². The Morgan fingerprint density at radius 2 is 1.56 bits per heavy atom. The SMILES string of the molecule is O=C(O)[C@H]1CC=CC[C@H](CCCCCC[C@H]2C=CCC2)[C@H](c2ccc(O)cc2)Cc2cccc(c2)C1. The molecule has 2 aromatic rings. The van der Waals surface area contributed by atoms with Crippen molar-refractivity contribution in [2.45, 2.75) is 83.0 Å². The Morgan fingerprint density at radius 3 is 2.28 bits per heavy atom. The highest BCUT2D eigenvalue weighted by atomic mass is 16.4. The number of aromatic hydroxyl groups is 1. The zero-order chi connectivity index (χ0) is 25.2. The van der Waals surface area contributed by atoms with Crippen LogP contribution in [-0.4, -0.2) is 16.2 Å². The molecule has 36 heavy (non-hydrogen) atoms. The van der Waals surface area contributed by atoms with E-state index in [0.29, 0.717) is 30.4 Å². The fraction of sp³-hybridized carbons (Fsp3) is 0.485. The van der Waals surface area contributed by atoms with Crippen LogP contribution < -0.4 is 0 Å². The fourth-order valence-corrected chi connectivity index (χ4v) is 6.09. The molecule has 3 heteroatoms. The summed E-state index contributed by atoms with van der Waals surface area (Å²) in [5, 5.41) is 19.6. The molecule has 0 unspecified atom stereocenters. The van der Waals surface area contributed by atoms with Crippen LogP contribution in [0.15, 0.2) is 72.8 Å². The van der Waals surface area contributed by atoms with Crippen molar-refractivity contribution in [3.63, 3.8) is 0 Å². The van der Waals surface area contributed by atoms with Crippen LogP contribution in [0.25, 0.3) is 0 Å². The minimum atomic E-state index is -0.714. The van der Waals surface area contributed by atoms with Gasteiger partial charge in [0.05, 0.1) is 5.92 Å². The van der Waals surface area contributed by atoms with Gasteiger partial charge in [-0.1, -0.05) is 86.4 Å². The molecule has 0 saturated carbocycles. The molecule has 2 aromatic carbocycles. The van der Waals surface area contributed by atoms with E-state index in [4.69, 9.17) is 0 Å². The highest BCUT2D eigenvalue weighted by Crippen LogP contribution is 2.36. The number of fused-ring (bicyclic) bond motifs is 2. The molecule has 4 rings (SSSR count). The third-order valence-corrected chi connectivity index (χ3v) is 8.21. The summed E-state index contributed by atoms with van der Waals surface area (Å²) >= 11 is 0. The van der Waals surface area contributed by atoms with Gasteiger partial charge < -0.3 is 10.2 Å². The van der Waals surface area contributed by atoms with Gasteiger partial charge in [-0.3, -0.25) is 4.79 Å². The van der Waals surface area contributed by atoms with Crippen molar-refractivity contribution in [2.24, 2.45) is 17.8 Å². The minimum absolute atomic E-state index is 0.308. The maximum Gasteiger partial charge on any atom is 0.307 e. The van der Waals surface area contributed by atoms with Gasteiger partial charge in [0.25, 0.3) is 0 Å². The van der Waals surface area contributed by atoms with Gasteiger partial charge in [-0.25, -0.2) is 0 Å². The van der Waals surface area contributed by atoms with E-state index in [2.05, 4.69) is 60.7 Å². The third-order valence-electron chi connectivity index (χ3n) is 8.21. The number of carbonyl (C=O) groups is 1. The van der Waals surface area contributed by atoms with Crippen molar-refractivity contribution >= 4 is 5.97 Å². The highest BCUT2D eigenvalue weighted by Gasteiger charge is 2.24. The van der Waals surface area contributed by atoms with Gasteiger partial charge in [0, 0.05) is 0 Å². The summed E-state index contributed by atoms with van der Waals surface area (Å²) in [4.78, 5) is 11.8. The molecule has 2 aliphatic rings. The smallest absolute Gasteiger partial charge is 0.307 e. The average molecular weight is 487 g/mol. The van der Waals surface area contributed by atoms with E-state index in [9.17, 15) is 15.0 Å². The van der Waals surface area contributed by atoms with Crippen molar-refractivity contribution < 1.29 is 15.0 Å². The monoisotopic (exact) mass is 486 g/mol. The van der Waals surface area contributed by atoms with Gasteiger partial charge in [0.1, 0.15) is 5.75 Å². The van der Waals surface area contributed by atoms with Gasteiger partial charge in [-0.15, -0.1) is 0 Å². The lowest BCUT2D eigenvalue weighted by Crippen LogP contribution is -2.18. The van der Waals surface area contributed by atoms with Crippen LogP contribution in [0.2, 0.25) is 0 Å². The van der Waals surface area contributed by atoms with Crippen LogP contribution in [0, 0.1) is 17.8 Å². The van der Waals surface area contributed by atoms with Crippen molar-refractivity contribution in [1.29, 1.82) is 0 Å². The Bertz CT molecular complexity index is 1020. The van der Waals surface area contributed by atoms with Gasteiger partial charge >= 0.3 is 5.97 Å². The number of phenolic OH excluding ortho intramolecular Hbond substituents is 1. The first-order chi connectivity index (χ1) is 17.6. The zero-order valence-electron chi connectivity index (χ0n) is 21.5. The van der Waals surface area contributed by atoms with Crippen molar-refractivity contribution in [3.05, 3.63) is 89.5 Å². The van der Waals surface area contributed by atoms with Crippen LogP contribution in [0.3, 0.4) is 0 Å².